The predicted octanol–water partition coefficient (Wildman–Crippen LogP) is 6.61. The van der Waals surface area contributed by atoms with E-state index in [9.17, 15) is 4.79 Å². The predicted molar refractivity (Wildman–Crippen MR) is 158 cm³/mol. The van der Waals surface area contributed by atoms with Crippen LogP contribution in [0.3, 0.4) is 0 Å². The van der Waals surface area contributed by atoms with Crippen molar-refractivity contribution in [1.29, 1.82) is 0 Å². The van der Waals surface area contributed by atoms with Gasteiger partial charge in [-0.25, -0.2) is 4.98 Å². The number of piperazine rings is 1. The summed E-state index contributed by atoms with van der Waals surface area (Å²) in [5, 5.41) is 5.64. The van der Waals surface area contributed by atoms with Gasteiger partial charge in [0.2, 0.25) is 0 Å². The summed E-state index contributed by atoms with van der Waals surface area (Å²) in [6, 6.07) is 18.1. The summed E-state index contributed by atoms with van der Waals surface area (Å²) in [5.74, 6) is 0.734. The van der Waals surface area contributed by atoms with Crippen molar-refractivity contribution < 1.29 is 4.74 Å². The standard InChI is InChI=1S/C29H29Cl3N4O2/c1-29(2,3)38-17-18-16-35(14-13-33-18)25-15-24-20(27(34-25)19-7-4-5-8-21(19)30)11-12-26(37)36(24)28-22(31)9-6-10-23(28)32/h4-12,15,18,33H,13-14,16-17H2,1-3H3. The molecule has 1 aliphatic rings. The van der Waals surface area contributed by atoms with Crippen LogP contribution >= 0.6 is 34.8 Å². The average Bonchev–Trinajstić information content (AvgIpc) is 2.88. The number of benzene rings is 2. The second-order valence-corrected chi connectivity index (χ2v) is 11.6. The first-order chi connectivity index (χ1) is 18.1. The number of hydrogen-bond donors (Lipinski definition) is 1. The fourth-order valence-corrected chi connectivity index (χ4v) is 5.47. The topological polar surface area (TPSA) is 59.4 Å². The number of rotatable bonds is 5. The maximum atomic E-state index is 13.3. The van der Waals surface area contributed by atoms with Gasteiger partial charge in [-0.1, -0.05) is 59.1 Å². The molecule has 3 heterocycles. The van der Waals surface area contributed by atoms with Crippen molar-refractivity contribution in [2.45, 2.75) is 32.4 Å². The van der Waals surface area contributed by atoms with E-state index in [1.54, 1.807) is 28.8 Å². The van der Waals surface area contributed by atoms with Crippen LogP contribution in [0.5, 0.6) is 0 Å². The van der Waals surface area contributed by atoms with E-state index in [4.69, 9.17) is 44.5 Å². The molecular weight excluding hydrogens is 543 g/mol. The first-order valence-corrected chi connectivity index (χ1v) is 13.6. The Morgan fingerprint density at radius 3 is 2.42 bits per heavy atom. The van der Waals surface area contributed by atoms with Gasteiger partial charge < -0.3 is 15.0 Å². The number of fused-ring (bicyclic) bond motifs is 1. The molecule has 2 aromatic heterocycles. The number of ether oxygens (including phenoxy) is 1. The van der Waals surface area contributed by atoms with Crippen LogP contribution in [0.15, 0.2) is 65.5 Å². The molecular formula is C29H29Cl3N4O2. The van der Waals surface area contributed by atoms with Gasteiger partial charge in [-0.3, -0.25) is 9.36 Å². The Morgan fingerprint density at radius 1 is 1.00 bits per heavy atom. The van der Waals surface area contributed by atoms with Crippen molar-refractivity contribution in [2.75, 3.05) is 31.1 Å². The number of nitrogens with zero attached hydrogens (tertiary/aromatic N) is 3. The van der Waals surface area contributed by atoms with E-state index in [2.05, 4.69) is 10.2 Å². The molecule has 9 heteroatoms. The molecule has 1 N–H and O–H groups in total. The first kappa shape index (κ1) is 27.0. The summed E-state index contributed by atoms with van der Waals surface area (Å²) in [7, 11) is 0. The molecule has 0 amide bonds. The van der Waals surface area contributed by atoms with E-state index in [-0.39, 0.29) is 17.2 Å². The molecule has 5 rings (SSSR count). The van der Waals surface area contributed by atoms with Gasteiger partial charge in [-0.05, 0) is 45.0 Å². The van der Waals surface area contributed by atoms with Crippen LogP contribution in [0.2, 0.25) is 15.1 Å². The maximum absolute atomic E-state index is 13.3. The molecule has 6 nitrogen and oxygen atoms in total. The van der Waals surface area contributed by atoms with Crippen LogP contribution in [0.25, 0.3) is 27.8 Å². The molecule has 1 aliphatic heterocycles. The summed E-state index contributed by atoms with van der Waals surface area (Å²) in [5.41, 5.74) is 2.07. The monoisotopic (exact) mass is 570 g/mol. The lowest BCUT2D eigenvalue weighted by atomic mass is 10.1. The van der Waals surface area contributed by atoms with Gasteiger partial charge >= 0.3 is 0 Å². The Kier molecular flexibility index (Phi) is 7.72. The normalized spacial score (nSPS) is 16.3. The van der Waals surface area contributed by atoms with Gasteiger partial charge in [0.15, 0.2) is 0 Å². The van der Waals surface area contributed by atoms with Crippen molar-refractivity contribution in [1.82, 2.24) is 14.9 Å². The largest absolute Gasteiger partial charge is 0.374 e. The molecule has 0 saturated carbocycles. The number of pyridine rings is 2. The van der Waals surface area contributed by atoms with Gasteiger partial charge in [0.25, 0.3) is 5.56 Å². The third-order valence-electron chi connectivity index (χ3n) is 6.46. The summed E-state index contributed by atoms with van der Waals surface area (Å²) in [6.07, 6.45) is 0. The van der Waals surface area contributed by atoms with Gasteiger partial charge in [0.05, 0.1) is 39.2 Å². The third-order valence-corrected chi connectivity index (χ3v) is 7.40. The number of nitrogens with one attached hydrogen (secondary N) is 1. The molecule has 0 spiro atoms. The highest BCUT2D eigenvalue weighted by Crippen LogP contribution is 2.36. The van der Waals surface area contributed by atoms with Crippen LogP contribution in [-0.2, 0) is 4.74 Å². The summed E-state index contributed by atoms with van der Waals surface area (Å²) in [6.45, 7) is 8.94. The molecule has 1 unspecified atom stereocenters. The molecule has 1 fully saturated rings. The van der Waals surface area contributed by atoms with Crippen molar-refractivity contribution in [2.24, 2.45) is 0 Å². The van der Waals surface area contributed by atoms with Crippen LogP contribution in [0.4, 0.5) is 5.82 Å². The van der Waals surface area contributed by atoms with Crippen molar-refractivity contribution in [3.05, 3.63) is 86.1 Å². The Labute approximate surface area is 237 Å². The first-order valence-electron chi connectivity index (χ1n) is 12.5. The molecule has 2 aromatic carbocycles. The van der Waals surface area contributed by atoms with Gasteiger partial charge in [-0.2, -0.15) is 0 Å². The Morgan fingerprint density at radius 2 is 1.71 bits per heavy atom. The van der Waals surface area contributed by atoms with E-state index in [1.807, 2.05) is 51.1 Å². The molecule has 1 atom stereocenters. The summed E-state index contributed by atoms with van der Waals surface area (Å²) >= 11 is 19.8. The van der Waals surface area contributed by atoms with Crippen molar-refractivity contribution in [3.63, 3.8) is 0 Å². The average molecular weight is 572 g/mol. The van der Waals surface area contributed by atoms with E-state index in [0.29, 0.717) is 45.1 Å². The minimum atomic E-state index is -0.244. The smallest absolute Gasteiger partial charge is 0.255 e. The molecule has 0 aliphatic carbocycles. The van der Waals surface area contributed by atoms with E-state index < -0.39 is 0 Å². The zero-order valence-corrected chi connectivity index (χ0v) is 23.7. The quantitative estimate of drug-likeness (QED) is 0.292. The maximum Gasteiger partial charge on any atom is 0.255 e. The Balaban J connectivity index is 1.71. The molecule has 198 valence electrons. The zero-order chi connectivity index (χ0) is 27.0. The Hall–Kier alpha value is -2.61. The fraction of sp³-hybridized carbons (Fsp3) is 0.310. The highest BCUT2D eigenvalue weighted by atomic mass is 35.5. The third kappa shape index (κ3) is 5.56. The molecule has 0 radical (unpaired) electrons. The van der Waals surface area contributed by atoms with Crippen molar-refractivity contribution in [3.8, 4) is 16.9 Å². The van der Waals surface area contributed by atoms with Gasteiger partial charge in [-0.15, -0.1) is 0 Å². The van der Waals surface area contributed by atoms with Crippen LogP contribution in [0.1, 0.15) is 20.8 Å². The van der Waals surface area contributed by atoms with E-state index in [1.165, 1.54) is 6.07 Å². The fourth-order valence-electron chi connectivity index (χ4n) is 4.68. The van der Waals surface area contributed by atoms with E-state index >= 15 is 0 Å². The number of anilines is 1. The molecule has 1 saturated heterocycles. The molecule has 0 bridgehead atoms. The molecule has 4 aromatic rings. The van der Waals surface area contributed by atoms with Gasteiger partial charge in [0, 0.05) is 53.8 Å². The zero-order valence-electron chi connectivity index (χ0n) is 21.5. The molecule has 38 heavy (non-hydrogen) atoms. The Bertz CT molecular complexity index is 1530. The highest BCUT2D eigenvalue weighted by molar-refractivity contribution is 6.38. The SMILES string of the molecule is CC(C)(C)OCC1CN(c2cc3c(ccc(=O)n3-c3c(Cl)cccc3Cl)c(-c3ccccc3Cl)n2)CCN1. The lowest BCUT2D eigenvalue weighted by Gasteiger charge is -2.36. The highest BCUT2D eigenvalue weighted by Gasteiger charge is 2.25. The summed E-state index contributed by atoms with van der Waals surface area (Å²) < 4.78 is 7.61. The van der Waals surface area contributed by atoms with Crippen LogP contribution < -0.4 is 15.8 Å². The van der Waals surface area contributed by atoms with Crippen LogP contribution in [0, 0.1) is 0 Å². The lowest BCUT2D eigenvalue weighted by Crippen LogP contribution is -2.53. The minimum Gasteiger partial charge on any atom is -0.374 e. The number of aromatic nitrogens is 2. The second-order valence-electron chi connectivity index (χ2n) is 10.3. The number of halogens is 3. The number of para-hydroxylation sites is 1. The minimum absolute atomic E-state index is 0.125. The second kappa shape index (κ2) is 10.9. The summed E-state index contributed by atoms with van der Waals surface area (Å²) in [4.78, 5) is 20.6. The van der Waals surface area contributed by atoms with Gasteiger partial charge in [0.1, 0.15) is 5.82 Å². The van der Waals surface area contributed by atoms with E-state index in [0.717, 1.165) is 29.9 Å². The lowest BCUT2D eigenvalue weighted by molar-refractivity contribution is -0.0146. The van der Waals surface area contributed by atoms with Crippen molar-refractivity contribution >= 4 is 51.5 Å². The van der Waals surface area contributed by atoms with Crippen LogP contribution in [-0.4, -0.2) is 47.4 Å². The number of hydrogen-bond acceptors (Lipinski definition) is 5.